The average molecular weight is 267 g/mol. The topological polar surface area (TPSA) is 47.3 Å². The van der Waals surface area contributed by atoms with Gasteiger partial charge in [-0.15, -0.1) is 11.6 Å². The largest absolute Gasteiger partial charge is 0.495 e. The molecule has 5 heteroatoms. The Morgan fingerprint density at radius 1 is 1.39 bits per heavy atom. The molecule has 1 N–H and O–H groups in total. The Morgan fingerprint density at radius 2 is 2.17 bits per heavy atom. The van der Waals surface area contributed by atoms with Crippen LogP contribution in [0, 0.1) is 6.92 Å². The van der Waals surface area contributed by atoms with Crippen LogP contribution in [-0.4, -0.2) is 18.1 Å². The van der Waals surface area contributed by atoms with E-state index in [9.17, 15) is 0 Å². The number of aromatic nitrogens is 1. The molecule has 0 amide bonds. The van der Waals surface area contributed by atoms with Crippen molar-refractivity contribution in [3.8, 4) is 5.75 Å². The highest BCUT2D eigenvalue weighted by Crippen LogP contribution is 2.30. The molecular formula is C13H15ClN2O2. The summed E-state index contributed by atoms with van der Waals surface area (Å²) >= 11 is 5.78. The van der Waals surface area contributed by atoms with Gasteiger partial charge < -0.3 is 14.6 Å². The van der Waals surface area contributed by atoms with Crippen LogP contribution in [-0.2, 0) is 6.42 Å². The van der Waals surface area contributed by atoms with Crippen LogP contribution >= 0.6 is 11.6 Å². The zero-order chi connectivity index (χ0) is 13.0. The number of aryl methyl sites for hydroxylation is 1. The molecule has 96 valence electrons. The third-order valence-corrected chi connectivity index (χ3v) is 2.87. The molecule has 2 rings (SSSR count). The van der Waals surface area contributed by atoms with E-state index in [0.29, 0.717) is 18.2 Å². The second-order valence-electron chi connectivity index (χ2n) is 3.84. The standard InChI is InChI=1S/C13H15ClN2O2/c1-9-10(7-8-14)13(18-16-9)15-11-5-3-4-6-12(11)17-2/h3-6,15H,7-8H2,1-2H3. The van der Waals surface area contributed by atoms with E-state index in [-0.39, 0.29) is 0 Å². The first-order valence-corrected chi connectivity index (χ1v) is 6.21. The number of benzene rings is 1. The zero-order valence-corrected chi connectivity index (χ0v) is 11.1. The van der Waals surface area contributed by atoms with Crippen LogP contribution in [0.3, 0.4) is 0 Å². The van der Waals surface area contributed by atoms with Crippen LogP contribution in [0.25, 0.3) is 0 Å². The SMILES string of the molecule is COc1ccccc1Nc1onc(C)c1CCCl. The second kappa shape index (κ2) is 5.78. The van der Waals surface area contributed by atoms with Gasteiger partial charge in [-0.1, -0.05) is 17.3 Å². The van der Waals surface area contributed by atoms with E-state index in [1.807, 2.05) is 31.2 Å². The summed E-state index contributed by atoms with van der Waals surface area (Å²) < 4.78 is 10.5. The molecule has 0 aliphatic carbocycles. The molecule has 18 heavy (non-hydrogen) atoms. The first kappa shape index (κ1) is 12.8. The fourth-order valence-electron chi connectivity index (χ4n) is 1.75. The van der Waals surface area contributed by atoms with Crippen molar-refractivity contribution in [1.29, 1.82) is 0 Å². The highest BCUT2D eigenvalue weighted by molar-refractivity contribution is 6.18. The number of para-hydroxylation sites is 2. The van der Waals surface area contributed by atoms with E-state index in [0.717, 1.165) is 22.7 Å². The summed E-state index contributed by atoms with van der Waals surface area (Å²) in [5, 5.41) is 7.13. The van der Waals surface area contributed by atoms with E-state index < -0.39 is 0 Å². The first-order valence-electron chi connectivity index (χ1n) is 5.67. The molecule has 2 aromatic rings. The van der Waals surface area contributed by atoms with Gasteiger partial charge in [-0.3, -0.25) is 0 Å². The van der Waals surface area contributed by atoms with Crippen LogP contribution in [0.15, 0.2) is 28.8 Å². The molecule has 1 aromatic heterocycles. The van der Waals surface area contributed by atoms with E-state index in [1.165, 1.54) is 0 Å². The normalized spacial score (nSPS) is 10.4. The van der Waals surface area contributed by atoms with Gasteiger partial charge in [-0.25, -0.2) is 0 Å². The van der Waals surface area contributed by atoms with Gasteiger partial charge >= 0.3 is 0 Å². The number of nitrogens with one attached hydrogen (secondary N) is 1. The predicted octanol–water partition coefficient (Wildman–Crippen LogP) is 3.52. The molecule has 1 aromatic carbocycles. The van der Waals surface area contributed by atoms with Crippen LogP contribution in [0.5, 0.6) is 5.75 Å². The van der Waals surface area contributed by atoms with Gasteiger partial charge in [0.25, 0.3) is 0 Å². The molecule has 0 saturated heterocycles. The highest BCUT2D eigenvalue weighted by Gasteiger charge is 2.13. The number of hydrogen-bond acceptors (Lipinski definition) is 4. The average Bonchev–Trinajstić information content (AvgIpc) is 2.73. The monoisotopic (exact) mass is 266 g/mol. The second-order valence-corrected chi connectivity index (χ2v) is 4.22. The maximum absolute atomic E-state index is 5.78. The molecular weight excluding hydrogens is 252 g/mol. The lowest BCUT2D eigenvalue weighted by molar-refractivity contribution is 0.414. The molecule has 0 radical (unpaired) electrons. The third kappa shape index (κ3) is 2.59. The van der Waals surface area contributed by atoms with Crippen molar-refractivity contribution in [1.82, 2.24) is 5.16 Å². The summed E-state index contributed by atoms with van der Waals surface area (Å²) in [6, 6.07) is 7.64. The van der Waals surface area contributed by atoms with Gasteiger partial charge in [0.15, 0.2) is 0 Å². The molecule has 0 spiro atoms. The first-order chi connectivity index (χ1) is 8.76. The number of anilines is 2. The number of nitrogens with zero attached hydrogens (tertiary/aromatic N) is 1. The molecule has 0 saturated carbocycles. The summed E-state index contributed by atoms with van der Waals surface area (Å²) in [6.45, 7) is 1.90. The van der Waals surface area contributed by atoms with Gasteiger partial charge in [-0.2, -0.15) is 0 Å². The fraction of sp³-hybridized carbons (Fsp3) is 0.308. The van der Waals surface area contributed by atoms with Crippen molar-refractivity contribution in [3.05, 3.63) is 35.5 Å². The summed E-state index contributed by atoms with van der Waals surface area (Å²) in [4.78, 5) is 0. The minimum Gasteiger partial charge on any atom is -0.495 e. The molecule has 0 atom stereocenters. The Labute approximate surface area is 111 Å². The number of ether oxygens (including phenoxy) is 1. The Kier molecular flexibility index (Phi) is 4.10. The maximum Gasteiger partial charge on any atom is 0.232 e. The van der Waals surface area contributed by atoms with Crippen molar-refractivity contribution in [2.24, 2.45) is 0 Å². The van der Waals surface area contributed by atoms with Crippen molar-refractivity contribution in [2.75, 3.05) is 18.3 Å². The summed E-state index contributed by atoms with van der Waals surface area (Å²) in [6.07, 6.45) is 0.717. The van der Waals surface area contributed by atoms with Crippen LogP contribution in [0.1, 0.15) is 11.3 Å². The molecule has 0 unspecified atom stereocenters. The molecule has 0 aliphatic heterocycles. The Bertz CT molecular complexity index is 525. The van der Waals surface area contributed by atoms with E-state index in [1.54, 1.807) is 7.11 Å². The van der Waals surface area contributed by atoms with Crippen LogP contribution < -0.4 is 10.1 Å². The highest BCUT2D eigenvalue weighted by atomic mass is 35.5. The minimum absolute atomic E-state index is 0.530. The van der Waals surface area contributed by atoms with Gasteiger partial charge in [0.1, 0.15) is 5.75 Å². The van der Waals surface area contributed by atoms with E-state index in [2.05, 4.69) is 10.5 Å². The Hall–Kier alpha value is -1.68. The van der Waals surface area contributed by atoms with Crippen molar-refractivity contribution in [3.63, 3.8) is 0 Å². The van der Waals surface area contributed by atoms with Crippen LogP contribution in [0.4, 0.5) is 11.6 Å². The number of rotatable bonds is 5. The minimum atomic E-state index is 0.530. The number of methoxy groups -OCH3 is 1. The smallest absolute Gasteiger partial charge is 0.232 e. The molecule has 4 nitrogen and oxygen atoms in total. The molecule has 0 aliphatic rings. The summed E-state index contributed by atoms with van der Waals surface area (Å²) in [7, 11) is 1.63. The number of halogens is 1. The molecule has 0 bridgehead atoms. The van der Waals surface area contributed by atoms with E-state index in [4.69, 9.17) is 20.9 Å². The lowest BCUT2D eigenvalue weighted by Crippen LogP contribution is -1.97. The Balaban J connectivity index is 2.28. The number of hydrogen-bond donors (Lipinski definition) is 1. The summed E-state index contributed by atoms with van der Waals surface area (Å²) in [5.74, 6) is 1.91. The molecule has 1 heterocycles. The van der Waals surface area contributed by atoms with Gasteiger partial charge in [0, 0.05) is 11.4 Å². The van der Waals surface area contributed by atoms with E-state index >= 15 is 0 Å². The third-order valence-electron chi connectivity index (χ3n) is 2.68. The van der Waals surface area contributed by atoms with Crippen molar-refractivity contribution in [2.45, 2.75) is 13.3 Å². The fourth-order valence-corrected chi connectivity index (χ4v) is 1.93. The van der Waals surface area contributed by atoms with Crippen molar-refractivity contribution < 1.29 is 9.26 Å². The number of alkyl halides is 1. The molecule has 0 fully saturated rings. The predicted molar refractivity (Wildman–Crippen MR) is 71.9 cm³/mol. The van der Waals surface area contributed by atoms with Crippen molar-refractivity contribution >= 4 is 23.2 Å². The zero-order valence-electron chi connectivity index (χ0n) is 10.4. The Morgan fingerprint density at radius 3 is 2.89 bits per heavy atom. The lowest BCUT2D eigenvalue weighted by atomic mass is 10.2. The summed E-state index contributed by atoms with van der Waals surface area (Å²) in [5.41, 5.74) is 2.69. The van der Waals surface area contributed by atoms with Gasteiger partial charge in [0.05, 0.1) is 18.5 Å². The van der Waals surface area contributed by atoms with Gasteiger partial charge in [0.2, 0.25) is 5.88 Å². The quantitative estimate of drug-likeness (QED) is 0.841. The van der Waals surface area contributed by atoms with Gasteiger partial charge in [-0.05, 0) is 25.5 Å². The maximum atomic E-state index is 5.78. The van der Waals surface area contributed by atoms with Crippen LogP contribution in [0.2, 0.25) is 0 Å². The lowest BCUT2D eigenvalue weighted by Gasteiger charge is -2.09.